The van der Waals surface area contributed by atoms with E-state index in [2.05, 4.69) is 20.7 Å². The Hall–Kier alpha value is -2.12. The van der Waals surface area contributed by atoms with Crippen molar-refractivity contribution >= 4 is 23.4 Å². The molecular formula is C12H14ClN5O2. The Balaban J connectivity index is 2.06. The summed E-state index contributed by atoms with van der Waals surface area (Å²) in [6.45, 7) is 1.55. The van der Waals surface area contributed by atoms with E-state index in [9.17, 15) is 4.79 Å². The van der Waals surface area contributed by atoms with Crippen molar-refractivity contribution in [2.45, 2.75) is 13.0 Å². The van der Waals surface area contributed by atoms with Gasteiger partial charge in [0.2, 0.25) is 0 Å². The molecule has 106 valence electrons. The minimum Gasteiger partial charge on any atom is -0.394 e. The molecule has 1 atom stereocenters. The van der Waals surface area contributed by atoms with E-state index < -0.39 is 6.03 Å². The van der Waals surface area contributed by atoms with E-state index in [1.807, 2.05) is 0 Å². The Labute approximate surface area is 120 Å². The zero-order chi connectivity index (χ0) is 14.5. The van der Waals surface area contributed by atoms with Gasteiger partial charge in [0, 0.05) is 18.5 Å². The summed E-state index contributed by atoms with van der Waals surface area (Å²) in [6.07, 6.45) is 3.24. The predicted octanol–water partition coefficient (Wildman–Crippen LogP) is 1.42. The number of aliphatic hydroxyl groups is 1. The Morgan fingerprint density at radius 2 is 2.35 bits per heavy atom. The molecule has 0 spiro atoms. The van der Waals surface area contributed by atoms with Crippen molar-refractivity contribution in [3.63, 3.8) is 0 Å². The van der Waals surface area contributed by atoms with Gasteiger partial charge < -0.3 is 10.4 Å². The van der Waals surface area contributed by atoms with Gasteiger partial charge in [-0.25, -0.2) is 14.5 Å². The molecule has 2 amide bonds. The fourth-order valence-electron chi connectivity index (χ4n) is 1.48. The predicted molar refractivity (Wildman–Crippen MR) is 75.1 cm³/mol. The fourth-order valence-corrected chi connectivity index (χ4v) is 1.68. The van der Waals surface area contributed by atoms with Crippen LogP contribution in [0.4, 0.5) is 10.6 Å². The van der Waals surface area contributed by atoms with Crippen LogP contribution >= 0.6 is 11.6 Å². The first-order chi connectivity index (χ1) is 9.60. The van der Waals surface area contributed by atoms with Gasteiger partial charge in [-0.05, 0) is 19.1 Å². The molecule has 2 rings (SSSR count). The number of aromatic nitrogens is 3. The van der Waals surface area contributed by atoms with Crippen LogP contribution in [0.15, 0.2) is 30.6 Å². The van der Waals surface area contributed by atoms with Crippen LogP contribution in [-0.2, 0) is 0 Å². The summed E-state index contributed by atoms with van der Waals surface area (Å²) < 4.78 is 1.47. The highest BCUT2D eigenvalue weighted by Gasteiger charge is 2.10. The van der Waals surface area contributed by atoms with Crippen molar-refractivity contribution in [1.29, 1.82) is 0 Å². The monoisotopic (exact) mass is 295 g/mol. The van der Waals surface area contributed by atoms with Crippen LogP contribution in [0.1, 0.15) is 6.92 Å². The van der Waals surface area contributed by atoms with Crippen molar-refractivity contribution in [3.8, 4) is 5.82 Å². The minimum atomic E-state index is -0.441. The maximum absolute atomic E-state index is 11.6. The molecular weight excluding hydrogens is 282 g/mol. The molecule has 3 N–H and O–H groups in total. The average Bonchev–Trinajstić information content (AvgIpc) is 2.87. The Morgan fingerprint density at radius 1 is 1.55 bits per heavy atom. The summed E-state index contributed by atoms with van der Waals surface area (Å²) in [6, 6.07) is 4.27. The molecule has 0 saturated heterocycles. The minimum absolute atomic E-state index is 0.134. The fraction of sp³-hybridized carbons (Fsp3) is 0.250. The Bertz CT molecular complexity index is 601. The number of hydrogen-bond donors (Lipinski definition) is 3. The number of aliphatic hydroxyl groups excluding tert-OH is 1. The number of carbonyl (C=O) groups is 1. The zero-order valence-corrected chi connectivity index (χ0v) is 11.5. The zero-order valence-electron chi connectivity index (χ0n) is 10.7. The lowest BCUT2D eigenvalue weighted by Crippen LogP contribution is -2.38. The maximum atomic E-state index is 11.6. The number of amides is 2. The summed E-state index contributed by atoms with van der Waals surface area (Å²) in [5, 5.41) is 18.6. The number of rotatable bonds is 4. The highest BCUT2D eigenvalue weighted by molar-refractivity contribution is 6.32. The van der Waals surface area contributed by atoms with E-state index in [-0.39, 0.29) is 12.6 Å². The Morgan fingerprint density at radius 3 is 3.05 bits per heavy atom. The summed E-state index contributed by atoms with van der Waals surface area (Å²) in [5.74, 6) is 0.834. The van der Waals surface area contributed by atoms with Gasteiger partial charge in [-0.2, -0.15) is 0 Å². The molecule has 8 heteroatoms. The van der Waals surface area contributed by atoms with Crippen molar-refractivity contribution in [1.82, 2.24) is 20.1 Å². The van der Waals surface area contributed by atoms with Gasteiger partial charge in [-0.1, -0.05) is 11.6 Å². The number of pyridine rings is 1. The molecule has 2 aromatic rings. The van der Waals surface area contributed by atoms with Gasteiger partial charge in [-0.3, -0.25) is 5.32 Å². The van der Waals surface area contributed by atoms with Crippen LogP contribution in [-0.4, -0.2) is 38.6 Å². The molecule has 0 aromatic carbocycles. The van der Waals surface area contributed by atoms with Gasteiger partial charge >= 0.3 is 6.03 Å². The van der Waals surface area contributed by atoms with Crippen LogP contribution in [0.25, 0.3) is 5.82 Å². The SMILES string of the molecule is CC(CO)NC(=O)Nc1ccn(-c2ncccc2Cl)n1. The van der Waals surface area contributed by atoms with E-state index in [0.29, 0.717) is 16.7 Å². The van der Waals surface area contributed by atoms with Gasteiger partial charge in [0.05, 0.1) is 17.7 Å². The molecule has 0 fully saturated rings. The third kappa shape index (κ3) is 3.46. The molecule has 2 aromatic heterocycles. The van der Waals surface area contributed by atoms with Crippen molar-refractivity contribution < 1.29 is 9.90 Å². The molecule has 0 aliphatic carbocycles. The lowest BCUT2D eigenvalue weighted by Gasteiger charge is -2.10. The average molecular weight is 296 g/mol. The van der Waals surface area contributed by atoms with E-state index >= 15 is 0 Å². The number of carbonyl (C=O) groups excluding carboxylic acids is 1. The maximum Gasteiger partial charge on any atom is 0.320 e. The van der Waals surface area contributed by atoms with Crippen molar-refractivity contribution in [2.24, 2.45) is 0 Å². The number of halogens is 1. The highest BCUT2D eigenvalue weighted by Crippen LogP contribution is 2.17. The molecule has 2 heterocycles. The summed E-state index contributed by atoms with van der Waals surface area (Å²) in [7, 11) is 0. The topological polar surface area (TPSA) is 92.1 Å². The number of nitrogens with zero attached hydrogens (tertiary/aromatic N) is 3. The third-order valence-corrected chi connectivity index (χ3v) is 2.73. The molecule has 20 heavy (non-hydrogen) atoms. The van der Waals surface area contributed by atoms with Crippen LogP contribution in [0, 0.1) is 0 Å². The molecule has 0 aliphatic rings. The first-order valence-electron chi connectivity index (χ1n) is 5.95. The third-order valence-electron chi connectivity index (χ3n) is 2.44. The van der Waals surface area contributed by atoms with Crippen molar-refractivity contribution in [3.05, 3.63) is 35.6 Å². The molecule has 0 saturated carbocycles. The van der Waals surface area contributed by atoms with E-state index in [1.165, 1.54) is 4.68 Å². The molecule has 0 bridgehead atoms. The molecule has 7 nitrogen and oxygen atoms in total. The van der Waals surface area contributed by atoms with Gasteiger partial charge in [0.15, 0.2) is 11.6 Å². The van der Waals surface area contributed by atoms with Gasteiger partial charge in [0.25, 0.3) is 0 Å². The van der Waals surface area contributed by atoms with Gasteiger partial charge in [-0.15, -0.1) is 5.10 Å². The summed E-state index contributed by atoms with van der Waals surface area (Å²) in [5.41, 5.74) is 0. The van der Waals surface area contributed by atoms with E-state index in [0.717, 1.165) is 0 Å². The summed E-state index contributed by atoms with van der Waals surface area (Å²) >= 11 is 6.01. The Kier molecular flexibility index (Phi) is 4.54. The number of hydrogen-bond acceptors (Lipinski definition) is 4. The number of urea groups is 1. The smallest absolute Gasteiger partial charge is 0.320 e. The molecule has 0 aliphatic heterocycles. The van der Waals surface area contributed by atoms with E-state index in [4.69, 9.17) is 16.7 Å². The standard InChI is InChI=1S/C12H14ClN5O2/c1-8(7-19)15-12(20)16-10-4-6-18(17-10)11-9(13)3-2-5-14-11/h2-6,8,19H,7H2,1H3,(H2,15,16,17,20). The van der Waals surface area contributed by atoms with Gasteiger partial charge in [0.1, 0.15) is 0 Å². The second-order valence-corrected chi connectivity index (χ2v) is 4.54. The second-order valence-electron chi connectivity index (χ2n) is 4.14. The van der Waals surface area contributed by atoms with Crippen LogP contribution < -0.4 is 10.6 Å². The molecule has 0 radical (unpaired) electrons. The van der Waals surface area contributed by atoms with E-state index in [1.54, 1.807) is 37.5 Å². The van der Waals surface area contributed by atoms with Crippen molar-refractivity contribution in [2.75, 3.05) is 11.9 Å². The summed E-state index contributed by atoms with van der Waals surface area (Å²) in [4.78, 5) is 15.7. The second kappa shape index (κ2) is 6.36. The lowest BCUT2D eigenvalue weighted by molar-refractivity contribution is 0.229. The quantitative estimate of drug-likeness (QED) is 0.795. The van der Waals surface area contributed by atoms with Crippen LogP contribution in [0.2, 0.25) is 5.02 Å². The van der Waals surface area contributed by atoms with Crippen LogP contribution in [0.5, 0.6) is 0 Å². The first kappa shape index (κ1) is 14.3. The highest BCUT2D eigenvalue weighted by atomic mass is 35.5. The lowest BCUT2D eigenvalue weighted by atomic mass is 10.4. The largest absolute Gasteiger partial charge is 0.394 e. The number of nitrogens with one attached hydrogen (secondary N) is 2. The first-order valence-corrected chi connectivity index (χ1v) is 6.33. The normalized spacial score (nSPS) is 11.9. The molecule has 1 unspecified atom stereocenters. The van der Waals surface area contributed by atoms with Crippen LogP contribution in [0.3, 0.4) is 0 Å². The number of anilines is 1.